The molecule has 0 radical (unpaired) electrons. The van der Waals surface area contributed by atoms with E-state index >= 15 is 0 Å². The molecule has 1 aromatic heterocycles. The third-order valence-corrected chi connectivity index (χ3v) is 4.03. The summed E-state index contributed by atoms with van der Waals surface area (Å²) in [5.74, 6) is 0.663. The monoisotopic (exact) mass is 261 g/mol. The van der Waals surface area contributed by atoms with Crippen molar-refractivity contribution in [3.05, 3.63) is 29.6 Å². The van der Waals surface area contributed by atoms with Crippen LogP contribution in [-0.2, 0) is 0 Å². The second-order valence-electron chi connectivity index (χ2n) is 6.15. The lowest BCUT2D eigenvalue weighted by Gasteiger charge is -2.39. The molecule has 1 aliphatic heterocycles. The molecule has 2 heterocycles. The molecule has 0 spiro atoms. The molecule has 1 N–H and O–H groups in total. The number of rotatable bonds is 4. The smallest absolute Gasteiger partial charge is 0.0578 e. The molecule has 0 aliphatic carbocycles. The number of nitrogens with zero attached hydrogens (tertiary/aromatic N) is 2. The van der Waals surface area contributed by atoms with Gasteiger partial charge in [0.05, 0.1) is 11.7 Å². The molecule has 19 heavy (non-hydrogen) atoms. The Kier molecular flexibility index (Phi) is 4.94. The van der Waals surface area contributed by atoms with Crippen LogP contribution >= 0.6 is 0 Å². The van der Waals surface area contributed by atoms with Crippen LogP contribution in [0.3, 0.4) is 0 Å². The first-order chi connectivity index (χ1) is 9.08. The summed E-state index contributed by atoms with van der Waals surface area (Å²) >= 11 is 0. The Morgan fingerprint density at radius 1 is 1.42 bits per heavy atom. The minimum atomic E-state index is 0.459. The van der Waals surface area contributed by atoms with E-state index in [1.165, 1.54) is 30.6 Å². The topological polar surface area (TPSA) is 28.2 Å². The Morgan fingerprint density at radius 2 is 2.21 bits per heavy atom. The van der Waals surface area contributed by atoms with Crippen LogP contribution < -0.4 is 5.32 Å². The van der Waals surface area contributed by atoms with Crippen LogP contribution in [0.1, 0.15) is 44.0 Å². The second kappa shape index (κ2) is 6.49. The van der Waals surface area contributed by atoms with Crippen LogP contribution in [0.4, 0.5) is 0 Å². The fraction of sp³-hybridized carbons (Fsp3) is 0.688. The van der Waals surface area contributed by atoms with Gasteiger partial charge in [-0.15, -0.1) is 0 Å². The standard InChI is InChI=1S/C16H27N3/c1-12(2)17-11-14-6-5-9-19(4)16(14)15-8-7-13(3)10-18-15/h7-8,10,12,14,16-17H,5-6,9,11H2,1-4H3. The lowest BCUT2D eigenvalue weighted by molar-refractivity contribution is 0.115. The number of nitrogens with one attached hydrogen (secondary N) is 1. The summed E-state index contributed by atoms with van der Waals surface area (Å²) in [5, 5.41) is 3.59. The van der Waals surface area contributed by atoms with E-state index in [1.54, 1.807) is 0 Å². The third-order valence-electron chi connectivity index (χ3n) is 4.03. The van der Waals surface area contributed by atoms with Gasteiger partial charge in [-0.2, -0.15) is 0 Å². The van der Waals surface area contributed by atoms with E-state index in [0.29, 0.717) is 18.0 Å². The highest BCUT2D eigenvalue weighted by atomic mass is 15.2. The summed E-state index contributed by atoms with van der Waals surface area (Å²) < 4.78 is 0. The van der Waals surface area contributed by atoms with Crippen molar-refractivity contribution in [2.75, 3.05) is 20.1 Å². The summed E-state index contributed by atoms with van der Waals surface area (Å²) in [4.78, 5) is 7.13. The number of hydrogen-bond acceptors (Lipinski definition) is 3. The normalized spacial score (nSPS) is 24.9. The molecule has 1 fully saturated rings. The largest absolute Gasteiger partial charge is 0.314 e. The van der Waals surface area contributed by atoms with E-state index < -0.39 is 0 Å². The average Bonchev–Trinajstić information content (AvgIpc) is 2.38. The van der Waals surface area contributed by atoms with Crippen LogP contribution in [0.15, 0.2) is 18.3 Å². The van der Waals surface area contributed by atoms with Gasteiger partial charge in [0.15, 0.2) is 0 Å². The van der Waals surface area contributed by atoms with Crippen LogP contribution in [-0.4, -0.2) is 36.1 Å². The molecule has 0 amide bonds. The van der Waals surface area contributed by atoms with Gasteiger partial charge in [-0.3, -0.25) is 9.88 Å². The predicted octanol–water partition coefficient (Wildman–Crippen LogP) is 2.77. The number of piperidine rings is 1. The van der Waals surface area contributed by atoms with Crippen LogP contribution in [0, 0.1) is 12.8 Å². The second-order valence-corrected chi connectivity index (χ2v) is 6.15. The minimum Gasteiger partial charge on any atom is -0.314 e. The molecule has 2 unspecified atom stereocenters. The summed E-state index contributed by atoms with van der Waals surface area (Å²) in [6.07, 6.45) is 4.58. The number of pyridine rings is 1. The number of likely N-dealkylation sites (tertiary alicyclic amines) is 1. The molecular formula is C16H27N3. The molecule has 0 bridgehead atoms. The molecule has 1 aliphatic rings. The van der Waals surface area contributed by atoms with Crippen molar-refractivity contribution in [3.8, 4) is 0 Å². The van der Waals surface area contributed by atoms with Gasteiger partial charge in [0.2, 0.25) is 0 Å². The fourth-order valence-corrected chi connectivity index (χ4v) is 2.98. The highest BCUT2D eigenvalue weighted by molar-refractivity contribution is 5.16. The number of aromatic nitrogens is 1. The zero-order valence-corrected chi connectivity index (χ0v) is 12.7. The minimum absolute atomic E-state index is 0.459. The number of aryl methyl sites for hydroxylation is 1. The Bertz CT molecular complexity index is 385. The van der Waals surface area contributed by atoms with Crippen molar-refractivity contribution in [2.45, 2.75) is 45.7 Å². The zero-order chi connectivity index (χ0) is 13.8. The molecule has 0 saturated carbocycles. The molecule has 2 atom stereocenters. The maximum atomic E-state index is 4.66. The lowest BCUT2D eigenvalue weighted by atomic mass is 9.87. The van der Waals surface area contributed by atoms with Crippen LogP contribution in [0.5, 0.6) is 0 Å². The molecule has 0 aromatic carbocycles. The molecule has 2 rings (SSSR count). The van der Waals surface area contributed by atoms with Crippen molar-refractivity contribution in [1.29, 1.82) is 0 Å². The van der Waals surface area contributed by atoms with E-state index in [0.717, 1.165) is 6.54 Å². The SMILES string of the molecule is Cc1ccc(C2C(CNC(C)C)CCCN2C)nc1. The number of hydrogen-bond donors (Lipinski definition) is 1. The van der Waals surface area contributed by atoms with Gasteiger partial charge in [0.25, 0.3) is 0 Å². The Labute approximate surface area is 117 Å². The Hall–Kier alpha value is -0.930. The molecule has 3 heteroatoms. The fourth-order valence-electron chi connectivity index (χ4n) is 2.98. The highest BCUT2D eigenvalue weighted by Gasteiger charge is 2.31. The van der Waals surface area contributed by atoms with Gasteiger partial charge in [-0.25, -0.2) is 0 Å². The van der Waals surface area contributed by atoms with Crippen molar-refractivity contribution >= 4 is 0 Å². The maximum absolute atomic E-state index is 4.66. The van der Waals surface area contributed by atoms with Crippen molar-refractivity contribution in [2.24, 2.45) is 5.92 Å². The Morgan fingerprint density at radius 3 is 2.84 bits per heavy atom. The van der Waals surface area contributed by atoms with E-state index in [9.17, 15) is 0 Å². The first kappa shape index (κ1) is 14.5. The van der Waals surface area contributed by atoms with Gasteiger partial charge in [-0.05, 0) is 50.9 Å². The quantitative estimate of drug-likeness (QED) is 0.903. The molecule has 1 aromatic rings. The molecule has 1 saturated heterocycles. The summed E-state index contributed by atoms with van der Waals surface area (Å²) in [5.41, 5.74) is 2.46. The Balaban J connectivity index is 2.13. The predicted molar refractivity (Wildman–Crippen MR) is 80.2 cm³/mol. The van der Waals surface area contributed by atoms with Crippen molar-refractivity contribution in [3.63, 3.8) is 0 Å². The molecule has 106 valence electrons. The summed E-state index contributed by atoms with van der Waals surface area (Å²) in [6.45, 7) is 8.79. The van der Waals surface area contributed by atoms with Gasteiger partial charge < -0.3 is 5.32 Å². The molecule has 3 nitrogen and oxygen atoms in total. The summed E-state index contributed by atoms with van der Waals surface area (Å²) in [7, 11) is 2.23. The van der Waals surface area contributed by atoms with E-state index in [4.69, 9.17) is 0 Å². The first-order valence-electron chi connectivity index (χ1n) is 7.44. The van der Waals surface area contributed by atoms with Gasteiger partial charge in [-0.1, -0.05) is 19.9 Å². The molecular weight excluding hydrogens is 234 g/mol. The highest BCUT2D eigenvalue weighted by Crippen LogP contribution is 2.33. The summed E-state index contributed by atoms with van der Waals surface area (Å²) in [6, 6.07) is 5.39. The lowest BCUT2D eigenvalue weighted by Crippen LogP contribution is -2.42. The third kappa shape index (κ3) is 3.77. The van der Waals surface area contributed by atoms with E-state index in [1.807, 2.05) is 6.20 Å². The van der Waals surface area contributed by atoms with Crippen molar-refractivity contribution < 1.29 is 0 Å². The first-order valence-corrected chi connectivity index (χ1v) is 7.44. The van der Waals surface area contributed by atoms with Crippen LogP contribution in [0.2, 0.25) is 0 Å². The van der Waals surface area contributed by atoms with E-state index in [2.05, 4.69) is 55.2 Å². The van der Waals surface area contributed by atoms with E-state index in [-0.39, 0.29) is 0 Å². The van der Waals surface area contributed by atoms with Crippen molar-refractivity contribution in [1.82, 2.24) is 15.2 Å². The van der Waals surface area contributed by atoms with Gasteiger partial charge >= 0.3 is 0 Å². The van der Waals surface area contributed by atoms with Gasteiger partial charge in [0.1, 0.15) is 0 Å². The van der Waals surface area contributed by atoms with Crippen LogP contribution in [0.25, 0.3) is 0 Å². The van der Waals surface area contributed by atoms with Gasteiger partial charge in [0, 0.05) is 18.8 Å². The average molecular weight is 261 g/mol. The maximum Gasteiger partial charge on any atom is 0.0578 e. The zero-order valence-electron chi connectivity index (χ0n) is 12.7.